The van der Waals surface area contributed by atoms with Gasteiger partial charge in [0.1, 0.15) is 52.3 Å². The monoisotopic (exact) mass is 717 g/mol. The van der Waals surface area contributed by atoms with Crippen LogP contribution in [0.15, 0.2) is 22.6 Å². The molecule has 4 fully saturated rings. The highest BCUT2D eigenvalue weighted by atomic mass is 32.1. The Hall–Kier alpha value is -4.16. The van der Waals surface area contributed by atoms with Gasteiger partial charge in [0.2, 0.25) is 0 Å². The number of piperazine rings is 1. The second kappa shape index (κ2) is 12.2. The summed E-state index contributed by atoms with van der Waals surface area (Å²) in [5, 5.41) is 11.5. The first-order valence-corrected chi connectivity index (χ1v) is 18.4. The van der Waals surface area contributed by atoms with Crippen LogP contribution in [0.3, 0.4) is 0 Å². The number of nitrogen functional groups attached to an aromatic ring is 1. The van der Waals surface area contributed by atoms with Crippen LogP contribution >= 0.6 is 11.3 Å². The fourth-order valence-electron chi connectivity index (χ4n) is 9.35. The largest absolute Gasteiger partial charge is 0.461 e. The molecule has 4 aliphatic heterocycles. The van der Waals surface area contributed by atoms with Crippen molar-refractivity contribution in [1.82, 2.24) is 19.8 Å². The van der Waals surface area contributed by atoms with Crippen LogP contribution in [0.2, 0.25) is 0 Å². The standard InChI is InChI=1S/C37H38F3N7O3S/c1-19-12-24-29-31(30(40)28(32(24)50-19)23-6-7-26(39)33-27(23)25(14-41)34(42)51-33)43-36(49-18-37-8-3-9-46(37)15-20(38)13-37)44-35(29)45-16-21-4-5-22(17-45)47(21)10-11-48-2/h6-7,12,20-22H,3-5,8-11,13,15-18,42H2,1-2H3/t20-,21?,22?,37+/m1/s1. The maximum atomic E-state index is 17.6. The number of fused-ring (bicyclic) bond motifs is 7. The number of hydrogen-bond donors (Lipinski definition) is 1. The fourth-order valence-corrected chi connectivity index (χ4v) is 10.3. The summed E-state index contributed by atoms with van der Waals surface area (Å²) in [7, 11) is 1.71. The lowest BCUT2D eigenvalue weighted by Gasteiger charge is -2.41. The number of halogens is 3. The maximum absolute atomic E-state index is 17.6. The molecule has 4 atom stereocenters. The van der Waals surface area contributed by atoms with Gasteiger partial charge in [-0.15, -0.1) is 11.3 Å². The van der Waals surface area contributed by atoms with Crippen molar-refractivity contribution >= 4 is 54.1 Å². The molecule has 9 rings (SSSR count). The van der Waals surface area contributed by atoms with Crippen LogP contribution < -0.4 is 15.4 Å². The number of furan rings is 1. The number of methoxy groups -OCH3 is 1. The second-order valence-corrected chi connectivity index (χ2v) is 15.5. The van der Waals surface area contributed by atoms with Crippen molar-refractivity contribution in [3.8, 4) is 23.2 Å². The quantitative estimate of drug-likeness (QED) is 0.189. The van der Waals surface area contributed by atoms with Gasteiger partial charge in [0.25, 0.3) is 0 Å². The van der Waals surface area contributed by atoms with Crippen LogP contribution in [-0.2, 0) is 4.74 Å². The van der Waals surface area contributed by atoms with Crippen LogP contribution in [0.5, 0.6) is 6.01 Å². The van der Waals surface area contributed by atoms with E-state index in [0.717, 1.165) is 50.1 Å². The SMILES string of the molecule is COCCN1C2CCC1CN(c1nc(OC[C@@]34CCCN3C[C@H](F)C4)nc3c(F)c(-c4ccc(F)c5sc(N)c(C#N)c45)c4oc(C)cc4c13)C2. The third-order valence-corrected chi connectivity index (χ3v) is 12.6. The number of hydrogen-bond acceptors (Lipinski definition) is 11. The van der Waals surface area contributed by atoms with Crippen molar-refractivity contribution in [2.75, 3.05) is 63.7 Å². The van der Waals surface area contributed by atoms with Gasteiger partial charge in [-0.05, 0) is 56.8 Å². The molecule has 5 aromatic rings. The Morgan fingerprint density at radius 2 is 1.96 bits per heavy atom. The molecule has 2 N–H and O–H groups in total. The first-order chi connectivity index (χ1) is 24.7. The summed E-state index contributed by atoms with van der Waals surface area (Å²) in [6, 6.07) is 7.21. The van der Waals surface area contributed by atoms with Crippen molar-refractivity contribution in [3.63, 3.8) is 0 Å². The first kappa shape index (κ1) is 32.7. The molecule has 2 aromatic carbocycles. The maximum Gasteiger partial charge on any atom is 0.319 e. The first-order valence-electron chi connectivity index (χ1n) is 17.6. The zero-order chi connectivity index (χ0) is 35.2. The number of anilines is 2. The molecule has 2 unspecified atom stereocenters. The third kappa shape index (κ3) is 5.07. The zero-order valence-corrected chi connectivity index (χ0v) is 29.3. The molecule has 0 radical (unpaired) electrons. The molecular weight excluding hydrogens is 680 g/mol. The number of aryl methyl sites for hydroxylation is 1. The van der Waals surface area contributed by atoms with E-state index in [4.69, 9.17) is 29.6 Å². The number of benzene rings is 2. The van der Waals surface area contributed by atoms with Gasteiger partial charge in [0, 0.05) is 62.6 Å². The molecule has 3 aromatic heterocycles. The molecule has 10 nitrogen and oxygen atoms in total. The summed E-state index contributed by atoms with van der Waals surface area (Å²) >= 11 is 0.952. The predicted molar refractivity (Wildman–Crippen MR) is 190 cm³/mol. The van der Waals surface area contributed by atoms with Gasteiger partial charge in [-0.2, -0.15) is 15.2 Å². The fraction of sp³-hybridized carbons (Fsp3) is 0.486. The van der Waals surface area contributed by atoms with Crippen molar-refractivity contribution in [2.45, 2.75) is 62.8 Å². The normalized spacial score (nSPS) is 25.1. The molecule has 14 heteroatoms. The van der Waals surface area contributed by atoms with Crippen LogP contribution in [-0.4, -0.2) is 96.6 Å². The van der Waals surface area contributed by atoms with Crippen LogP contribution in [0.25, 0.3) is 43.1 Å². The molecule has 4 saturated heterocycles. The molecule has 0 amide bonds. The number of nitriles is 1. The molecule has 51 heavy (non-hydrogen) atoms. The number of alkyl halides is 1. The van der Waals surface area contributed by atoms with E-state index in [1.807, 2.05) is 6.07 Å². The smallest absolute Gasteiger partial charge is 0.319 e. The molecular formula is C37H38F3N7O3S. The number of nitrogens with zero attached hydrogens (tertiary/aromatic N) is 6. The van der Waals surface area contributed by atoms with Crippen molar-refractivity contribution < 1.29 is 27.1 Å². The average Bonchev–Trinajstić information content (AvgIpc) is 3.89. The van der Waals surface area contributed by atoms with E-state index in [2.05, 4.69) is 20.8 Å². The summed E-state index contributed by atoms with van der Waals surface area (Å²) in [5.74, 6) is -0.164. The number of rotatable bonds is 8. The van der Waals surface area contributed by atoms with E-state index in [9.17, 15) is 9.65 Å². The highest BCUT2D eigenvalue weighted by Gasteiger charge is 2.49. The summed E-state index contributed by atoms with van der Waals surface area (Å²) in [6.45, 7) is 5.99. The summed E-state index contributed by atoms with van der Waals surface area (Å²) in [5.41, 5.74) is 6.42. The summed E-state index contributed by atoms with van der Waals surface area (Å²) < 4.78 is 65.6. The van der Waals surface area contributed by atoms with Crippen molar-refractivity contribution in [1.29, 1.82) is 5.26 Å². The topological polar surface area (TPSA) is 117 Å². The van der Waals surface area contributed by atoms with E-state index >= 15 is 8.78 Å². The Kier molecular flexibility index (Phi) is 7.84. The van der Waals surface area contributed by atoms with Gasteiger partial charge in [-0.3, -0.25) is 9.80 Å². The van der Waals surface area contributed by atoms with E-state index in [-0.39, 0.29) is 67.6 Å². The molecule has 0 saturated carbocycles. The van der Waals surface area contributed by atoms with E-state index in [1.54, 1.807) is 14.0 Å². The van der Waals surface area contributed by atoms with Crippen molar-refractivity contribution in [2.24, 2.45) is 0 Å². The molecule has 0 spiro atoms. The van der Waals surface area contributed by atoms with Gasteiger partial charge in [-0.25, -0.2) is 13.2 Å². The summed E-state index contributed by atoms with van der Waals surface area (Å²) in [6.07, 6.45) is 3.27. The van der Waals surface area contributed by atoms with Gasteiger partial charge >= 0.3 is 6.01 Å². The second-order valence-electron chi connectivity index (χ2n) is 14.5. The average molecular weight is 718 g/mol. The lowest BCUT2D eigenvalue weighted by molar-refractivity contribution is 0.105. The number of ether oxygens (including phenoxy) is 2. The molecule has 7 heterocycles. The molecule has 4 aliphatic rings. The Morgan fingerprint density at radius 1 is 1.16 bits per heavy atom. The van der Waals surface area contributed by atoms with Gasteiger partial charge in [0.05, 0.1) is 33.4 Å². The van der Waals surface area contributed by atoms with E-state index in [0.29, 0.717) is 55.0 Å². The van der Waals surface area contributed by atoms with E-state index in [1.165, 1.54) is 12.1 Å². The van der Waals surface area contributed by atoms with Crippen LogP contribution in [0.1, 0.15) is 43.4 Å². The molecule has 266 valence electrons. The summed E-state index contributed by atoms with van der Waals surface area (Å²) in [4.78, 5) is 16.6. The highest BCUT2D eigenvalue weighted by Crippen LogP contribution is 2.48. The number of thiophene rings is 1. The lowest BCUT2D eigenvalue weighted by atomic mass is 9.95. The minimum Gasteiger partial charge on any atom is -0.461 e. The van der Waals surface area contributed by atoms with Crippen LogP contribution in [0, 0.1) is 29.9 Å². The minimum atomic E-state index is -0.929. The predicted octanol–water partition coefficient (Wildman–Crippen LogP) is 6.55. The van der Waals surface area contributed by atoms with Gasteiger partial charge < -0.3 is 24.5 Å². The van der Waals surface area contributed by atoms with Gasteiger partial charge in [-0.1, -0.05) is 6.07 Å². The zero-order valence-electron chi connectivity index (χ0n) is 28.5. The molecule has 2 bridgehead atoms. The third-order valence-electron chi connectivity index (χ3n) is 11.6. The Morgan fingerprint density at radius 3 is 2.73 bits per heavy atom. The van der Waals surface area contributed by atoms with Crippen LogP contribution in [0.4, 0.5) is 24.0 Å². The lowest BCUT2D eigenvalue weighted by Crippen LogP contribution is -2.54. The Balaban J connectivity index is 1.25. The number of nitrogens with two attached hydrogens (primary N) is 1. The highest BCUT2D eigenvalue weighted by molar-refractivity contribution is 7.23. The van der Waals surface area contributed by atoms with Crippen molar-refractivity contribution in [3.05, 3.63) is 41.2 Å². The van der Waals surface area contributed by atoms with Gasteiger partial charge in [0.15, 0.2) is 5.82 Å². The Labute approximate surface area is 296 Å². The van der Waals surface area contributed by atoms with E-state index < -0.39 is 23.3 Å². The Bertz CT molecular complexity index is 2240. The minimum absolute atomic E-state index is 0.0151. The molecule has 0 aliphatic carbocycles. The number of aromatic nitrogens is 2.